The summed E-state index contributed by atoms with van der Waals surface area (Å²) >= 11 is 0. The third kappa shape index (κ3) is 4.16. The summed E-state index contributed by atoms with van der Waals surface area (Å²) in [6, 6.07) is 9.12. The third-order valence-corrected chi connectivity index (χ3v) is 3.20. The van der Waals surface area contributed by atoms with Gasteiger partial charge in [-0.05, 0) is 25.0 Å². The molecule has 108 valence electrons. The van der Waals surface area contributed by atoms with Crippen LogP contribution in [0.3, 0.4) is 0 Å². The molecule has 0 radical (unpaired) electrons. The van der Waals surface area contributed by atoms with Gasteiger partial charge in [0.25, 0.3) is 5.91 Å². The van der Waals surface area contributed by atoms with Crippen molar-refractivity contribution in [3.63, 3.8) is 0 Å². The van der Waals surface area contributed by atoms with E-state index < -0.39 is 5.54 Å². The van der Waals surface area contributed by atoms with E-state index in [1.54, 1.807) is 38.3 Å². The van der Waals surface area contributed by atoms with Crippen molar-refractivity contribution in [1.82, 2.24) is 5.32 Å². The summed E-state index contributed by atoms with van der Waals surface area (Å²) < 4.78 is 10.4. The third-order valence-electron chi connectivity index (χ3n) is 3.20. The fraction of sp³-hybridized carbons (Fsp3) is 0.467. The van der Waals surface area contributed by atoms with Crippen molar-refractivity contribution in [1.29, 1.82) is 5.26 Å². The van der Waals surface area contributed by atoms with Crippen LogP contribution in [0.4, 0.5) is 0 Å². The van der Waals surface area contributed by atoms with Crippen LogP contribution in [0.5, 0.6) is 11.5 Å². The second kappa shape index (κ2) is 6.80. The zero-order valence-corrected chi connectivity index (χ0v) is 12.3. The predicted octanol–water partition coefficient (Wildman–Crippen LogP) is 2.13. The molecule has 1 rings (SSSR count). The van der Waals surface area contributed by atoms with Gasteiger partial charge in [-0.2, -0.15) is 5.26 Å². The van der Waals surface area contributed by atoms with Gasteiger partial charge in [0, 0.05) is 6.07 Å². The first kappa shape index (κ1) is 15.8. The molecular formula is C15H20N2O3. The van der Waals surface area contributed by atoms with E-state index in [9.17, 15) is 4.79 Å². The maximum absolute atomic E-state index is 11.8. The molecule has 1 aromatic carbocycles. The number of nitrogens with zero attached hydrogens (tertiary/aromatic N) is 1. The molecule has 0 aliphatic carbocycles. The minimum absolute atomic E-state index is 0.00766. The number of hydrogen-bond donors (Lipinski definition) is 1. The molecule has 0 aromatic heterocycles. The van der Waals surface area contributed by atoms with Crippen LogP contribution in [-0.2, 0) is 4.79 Å². The van der Waals surface area contributed by atoms with Gasteiger partial charge in [-0.3, -0.25) is 4.79 Å². The van der Waals surface area contributed by atoms with Crippen molar-refractivity contribution < 1.29 is 14.3 Å². The second-order valence-corrected chi connectivity index (χ2v) is 4.98. The van der Waals surface area contributed by atoms with Crippen molar-refractivity contribution in [2.75, 3.05) is 13.7 Å². The quantitative estimate of drug-likeness (QED) is 0.864. The topological polar surface area (TPSA) is 71.3 Å². The molecule has 5 nitrogen and oxygen atoms in total. The van der Waals surface area contributed by atoms with Gasteiger partial charge in [0.1, 0.15) is 17.0 Å². The number of methoxy groups -OCH3 is 1. The van der Waals surface area contributed by atoms with Crippen LogP contribution in [-0.4, -0.2) is 25.2 Å². The molecule has 0 aliphatic heterocycles. The molecule has 0 saturated carbocycles. The highest BCUT2D eigenvalue weighted by molar-refractivity contribution is 5.78. The molecule has 1 N–H and O–H groups in total. The number of nitrogens with one attached hydrogen (secondary N) is 1. The molecule has 0 aliphatic rings. The average molecular weight is 276 g/mol. The van der Waals surface area contributed by atoms with Gasteiger partial charge >= 0.3 is 0 Å². The van der Waals surface area contributed by atoms with Crippen LogP contribution in [0.25, 0.3) is 0 Å². The largest absolute Gasteiger partial charge is 0.497 e. The number of amides is 1. The minimum Gasteiger partial charge on any atom is -0.497 e. The van der Waals surface area contributed by atoms with Crippen LogP contribution >= 0.6 is 0 Å². The number of rotatable bonds is 6. The lowest BCUT2D eigenvalue weighted by Gasteiger charge is -2.27. The van der Waals surface area contributed by atoms with E-state index in [0.717, 1.165) is 0 Å². The molecular weight excluding hydrogens is 256 g/mol. The Morgan fingerprint density at radius 1 is 1.45 bits per heavy atom. The summed E-state index contributed by atoms with van der Waals surface area (Å²) in [4.78, 5) is 11.8. The van der Waals surface area contributed by atoms with Gasteiger partial charge in [0.05, 0.1) is 13.2 Å². The van der Waals surface area contributed by atoms with Crippen molar-refractivity contribution in [2.45, 2.75) is 26.3 Å². The second-order valence-electron chi connectivity index (χ2n) is 4.98. The van der Waals surface area contributed by atoms with E-state index >= 15 is 0 Å². The van der Waals surface area contributed by atoms with E-state index in [2.05, 4.69) is 11.4 Å². The first-order valence-electron chi connectivity index (χ1n) is 6.40. The van der Waals surface area contributed by atoms with Crippen molar-refractivity contribution in [3.05, 3.63) is 24.3 Å². The number of hydrogen-bond acceptors (Lipinski definition) is 4. The molecule has 5 heteroatoms. The Balaban J connectivity index is 2.57. The fourth-order valence-corrected chi connectivity index (χ4v) is 1.47. The lowest BCUT2D eigenvalue weighted by Crippen LogP contribution is -2.50. The monoisotopic (exact) mass is 276 g/mol. The first-order valence-corrected chi connectivity index (χ1v) is 6.40. The number of nitriles is 1. The summed E-state index contributed by atoms with van der Waals surface area (Å²) in [5, 5.41) is 11.8. The van der Waals surface area contributed by atoms with Gasteiger partial charge in [-0.15, -0.1) is 0 Å². The molecule has 1 amide bonds. The molecule has 0 bridgehead atoms. The highest BCUT2D eigenvalue weighted by Crippen LogP contribution is 2.19. The molecule has 1 atom stereocenters. The number of carbonyl (C=O) groups is 1. The maximum Gasteiger partial charge on any atom is 0.259 e. The first-order chi connectivity index (χ1) is 9.41. The van der Waals surface area contributed by atoms with E-state index in [0.29, 0.717) is 11.5 Å². The van der Waals surface area contributed by atoms with Gasteiger partial charge in [-0.25, -0.2) is 0 Å². The van der Waals surface area contributed by atoms with E-state index in [-0.39, 0.29) is 18.4 Å². The number of carbonyl (C=O) groups excluding carboxylic acids is 1. The molecule has 0 heterocycles. The summed E-state index contributed by atoms with van der Waals surface area (Å²) in [5.74, 6) is 0.883. The zero-order chi connectivity index (χ0) is 15.2. The van der Waals surface area contributed by atoms with E-state index in [1.165, 1.54) is 0 Å². The van der Waals surface area contributed by atoms with E-state index in [4.69, 9.17) is 14.7 Å². The van der Waals surface area contributed by atoms with Crippen LogP contribution in [0, 0.1) is 17.2 Å². The summed E-state index contributed by atoms with van der Waals surface area (Å²) in [5.41, 5.74) is -0.894. The van der Waals surface area contributed by atoms with Crippen molar-refractivity contribution in [3.8, 4) is 17.6 Å². The molecule has 0 saturated heterocycles. The Kier molecular flexibility index (Phi) is 5.39. The van der Waals surface area contributed by atoms with Crippen LogP contribution < -0.4 is 14.8 Å². The Morgan fingerprint density at radius 3 is 2.65 bits per heavy atom. The number of benzene rings is 1. The standard InChI is InChI=1S/C15H20N2O3/c1-11(2)15(3,10-16)17-14(18)9-20-13-7-5-6-12(8-13)19-4/h5-8,11H,9H2,1-4H3,(H,17,18). The fourth-order valence-electron chi connectivity index (χ4n) is 1.47. The predicted molar refractivity (Wildman–Crippen MR) is 75.5 cm³/mol. The van der Waals surface area contributed by atoms with Gasteiger partial charge < -0.3 is 14.8 Å². The zero-order valence-electron chi connectivity index (χ0n) is 12.3. The van der Waals surface area contributed by atoms with E-state index in [1.807, 2.05) is 13.8 Å². The van der Waals surface area contributed by atoms with Gasteiger partial charge in [-0.1, -0.05) is 19.9 Å². The normalized spacial score (nSPS) is 13.2. The minimum atomic E-state index is -0.894. The van der Waals surface area contributed by atoms with Gasteiger partial charge in [0.2, 0.25) is 0 Å². The Bertz CT molecular complexity index is 508. The van der Waals surface area contributed by atoms with Crippen LogP contribution in [0.15, 0.2) is 24.3 Å². The lowest BCUT2D eigenvalue weighted by molar-refractivity contribution is -0.124. The van der Waals surface area contributed by atoms with Crippen LogP contribution in [0.1, 0.15) is 20.8 Å². The Labute approximate surface area is 119 Å². The molecule has 0 fully saturated rings. The Morgan fingerprint density at radius 2 is 2.10 bits per heavy atom. The van der Waals surface area contributed by atoms with Crippen LogP contribution in [0.2, 0.25) is 0 Å². The number of ether oxygens (including phenoxy) is 2. The van der Waals surface area contributed by atoms with Crippen molar-refractivity contribution >= 4 is 5.91 Å². The Hall–Kier alpha value is -2.22. The molecule has 0 spiro atoms. The average Bonchev–Trinajstić information content (AvgIpc) is 2.45. The summed E-state index contributed by atoms with van der Waals surface area (Å²) in [6.45, 7) is 5.32. The summed E-state index contributed by atoms with van der Waals surface area (Å²) in [6.07, 6.45) is 0. The highest BCUT2D eigenvalue weighted by atomic mass is 16.5. The van der Waals surface area contributed by atoms with Gasteiger partial charge in [0.15, 0.2) is 6.61 Å². The maximum atomic E-state index is 11.8. The smallest absolute Gasteiger partial charge is 0.259 e. The summed E-state index contributed by atoms with van der Waals surface area (Å²) in [7, 11) is 1.56. The lowest BCUT2D eigenvalue weighted by atomic mass is 9.90. The SMILES string of the molecule is COc1cccc(OCC(=O)NC(C)(C#N)C(C)C)c1. The van der Waals surface area contributed by atoms with Crippen molar-refractivity contribution in [2.24, 2.45) is 5.92 Å². The molecule has 1 aromatic rings. The molecule has 1 unspecified atom stereocenters. The molecule has 20 heavy (non-hydrogen) atoms. The highest BCUT2D eigenvalue weighted by Gasteiger charge is 2.29.